The van der Waals surface area contributed by atoms with E-state index in [1.807, 2.05) is 18.2 Å². The topological polar surface area (TPSA) is 26.3 Å². The molecule has 0 radical (unpaired) electrons. The summed E-state index contributed by atoms with van der Waals surface area (Å²) in [7, 11) is 0. The third kappa shape index (κ3) is 0.685. The number of hydrogen-bond acceptors (Lipinski definition) is 2. The fourth-order valence-corrected chi connectivity index (χ4v) is 1.01. The highest BCUT2D eigenvalue weighted by molar-refractivity contribution is 9.10. The quantitative estimate of drug-likeness (QED) is 0.592. The molecule has 0 fully saturated rings. The first-order chi connectivity index (χ1) is 4.36. The van der Waals surface area contributed by atoms with Gasteiger partial charge in [-0.05, 0) is 12.1 Å². The van der Waals surface area contributed by atoms with Gasteiger partial charge < -0.3 is 0 Å². The van der Waals surface area contributed by atoms with Crippen LogP contribution in [0.5, 0.6) is 0 Å². The van der Waals surface area contributed by atoms with Crippen LogP contribution in [-0.4, -0.2) is 0 Å². The molecule has 0 atom stereocenters. The number of rotatable bonds is 0. The van der Waals surface area contributed by atoms with E-state index in [0.29, 0.717) is 0 Å². The van der Waals surface area contributed by atoms with Gasteiger partial charge in [-0.15, -0.1) is 0 Å². The van der Waals surface area contributed by atoms with Crippen molar-refractivity contribution in [1.82, 2.24) is 0 Å². The zero-order valence-electron chi connectivity index (χ0n) is 4.43. The molecule has 0 N–H and O–H groups in total. The van der Waals surface area contributed by atoms with Gasteiger partial charge in [0, 0.05) is 10.5 Å². The van der Waals surface area contributed by atoms with E-state index in [9.17, 15) is 0 Å². The molecule has 0 spiro atoms. The van der Waals surface area contributed by atoms with Crippen molar-refractivity contribution in [2.75, 3.05) is 0 Å². The lowest BCUT2D eigenvalue weighted by Gasteiger charge is -1.95. The van der Waals surface area contributed by atoms with Gasteiger partial charge in [0.25, 0.3) is 0 Å². The zero-order chi connectivity index (χ0) is 6.27. The second-order valence-electron chi connectivity index (χ2n) is 1.76. The van der Waals surface area contributed by atoms with Crippen LogP contribution in [0.3, 0.4) is 0 Å². The van der Waals surface area contributed by atoms with E-state index in [0.717, 1.165) is 15.6 Å². The molecule has 2 rings (SSSR count). The van der Waals surface area contributed by atoms with Crippen molar-refractivity contribution in [2.24, 2.45) is 0 Å². The van der Waals surface area contributed by atoms with Crippen LogP contribution in [0.2, 0.25) is 0 Å². The van der Waals surface area contributed by atoms with E-state index in [4.69, 9.17) is 0 Å². The molecular formula is C6H3BrO2. The maximum Gasteiger partial charge on any atom is 0.226 e. The average Bonchev–Trinajstić information content (AvgIpc) is 1.78. The summed E-state index contributed by atoms with van der Waals surface area (Å²) < 4.78 is 10.2. The molecular weight excluding hydrogens is 184 g/mol. The first-order valence-electron chi connectivity index (χ1n) is 2.50. The van der Waals surface area contributed by atoms with Gasteiger partial charge in [0.15, 0.2) is 0 Å². The Labute approximate surface area is 59.5 Å². The van der Waals surface area contributed by atoms with Crippen LogP contribution in [0.15, 0.2) is 31.8 Å². The normalized spacial score (nSPS) is 10.8. The number of fused-ring (bicyclic) bond motifs is 1. The molecule has 1 heterocycles. The highest BCUT2D eigenvalue weighted by atomic mass is 79.9. The predicted molar refractivity (Wildman–Crippen MR) is 36.2 cm³/mol. The molecule has 1 aromatic heterocycles. The molecule has 2 aromatic rings. The summed E-state index contributed by atoms with van der Waals surface area (Å²) in [6.07, 6.45) is 0. The predicted octanol–water partition coefficient (Wildman–Crippen LogP) is 2.79. The van der Waals surface area contributed by atoms with Crippen molar-refractivity contribution < 1.29 is 9.15 Å². The molecule has 0 aliphatic carbocycles. The van der Waals surface area contributed by atoms with Crippen LogP contribution in [0, 0.1) is 0 Å². The van der Waals surface area contributed by atoms with E-state index in [1.165, 1.54) is 0 Å². The van der Waals surface area contributed by atoms with E-state index in [-0.39, 0.29) is 0 Å². The van der Waals surface area contributed by atoms with Gasteiger partial charge in [-0.1, -0.05) is 15.9 Å². The van der Waals surface area contributed by atoms with Gasteiger partial charge in [0.05, 0.1) is 0 Å². The maximum atomic E-state index is 4.63. The van der Waals surface area contributed by atoms with E-state index in [1.54, 1.807) is 0 Å². The largest absolute Gasteiger partial charge is 0.286 e. The first-order valence-corrected chi connectivity index (χ1v) is 3.29. The maximum absolute atomic E-state index is 4.63. The molecule has 0 saturated carbocycles. The molecule has 0 unspecified atom stereocenters. The van der Waals surface area contributed by atoms with Crippen molar-refractivity contribution in [3.8, 4) is 0 Å². The SMILES string of the molecule is Brc1ccc2ooc2c1. The van der Waals surface area contributed by atoms with Gasteiger partial charge in [-0.25, -0.2) is 0 Å². The molecule has 46 valence electrons. The third-order valence-electron chi connectivity index (χ3n) is 1.13. The Balaban J connectivity index is 2.78. The molecule has 2 nitrogen and oxygen atoms in total. The first kappa shape index (κ1) is 5.11. The Morgan fingerprint density at radius 2 is 1.89 bits per heavy atom. The summed E-state index contributed by atoms with van der Waals surface area (Å²) in [5.74, 6) is 0. The van der Waals surface area contributed by atoms with Crippen LogP contribution >= 0.6 is 15.9 Å². The van der Waals surface area contributed by atoms with Gasteiger partial charge in [-0.3, -0.25) is 9.15 Å². The van der Waals surface area contributed by atoms with Gasteiger partial charge in [0.1, 0.15) is 0 Å². The molecule has 0 saturated heterocycles. The van der Waals surface area contributed by atoms with E-state index in [2.05, 4.69) is 25.1 Å². The molecule has 0 aliphatic heterocycles. The van der Waals surface area contributed by atoms with E-state index < -0.39 is 0 Å². The van der Waals surface area contributed by atoms with Crippen molar-refractivity contribution in [3.63, 3.8) is 0 Å². The summed E-state index contributed by atoms with van der Waals surface area (Å²) >= 11 is 3.29. The van der Waals surface area contributed by atoms with Crippen LogP contribution in [0.25, 0.3) is 11.2 Å². The Morgan fingerprint density at radius 3 is 2.33 bits per heavy atom. The molecule has 3 heteroatoms. The van der Waals surface area contributed by atoms with Gasteiger partial charge in [-0.2, -0.15) is 0 Å². The Kier molecular flexibility index (Phi) is 0.931. The monoisotopic (exact) mass is 186 g/mol. The summed E-state index contributed by atoms with van der Waals surface area (Å²) in [6, 6.07) is 5.61. The van der Waals surface area contributed by atoms with Crippen LogP contribution in [-0.2, 0) is 0 Å². The minimum absolute atomic E-state index is 0.796. The zero-order valence-corrected chi connectivity index (χ0v) is 6.01. The number of benzene rings is 1. The third-order valence-corrected chi connectivity index (χ3v) is 1.62. The Bertz CT molecular complexity index is 320. The molecule has 0 bridgehead atoms. The van der Waals surface area contributed by atoms with Crippen LogP contribution < -0.4 is 0 Å². The number of hydrogen-bond donors (Lipinski definition) is 0. The fraction of sp³-hybridized carbons (Fsp3) is 0. The summed E-state index contributed by atoms with van der Waals surface area (Å²) in [5.41, 5.74) is 1.60. The molecule has 0 aliphatic rings. The fourth-order valence-electron chi connectivity index (χ4n) is 0.672. The average molecular weight is 187 g/mol. The summed E-state index contributed by atoms with van der Waals surface area (Å²) in [6.45, 7) is 0. The van der Waals surface area contributed by atoms with E-state index >= 15 is 0 Å². The number of halogens is 1. The summed E-state index contributed by atoms with van der Waals surface area (Å²) in [4.78, 5) is 0. The minimum Gasteiger partial charge on any atom is -0.286 e. The van der Waals surface area contributed by atoms with Gasteiger partial charge >= 0.3 is 0 Å². The highest BCUT2D eigenvalue weighted by Crippen LogP contribution is 2.21. The second-order valence-corrected chi connectivity index (χ2v) is 2.67. The molecule has 0 amide bonds. The smallest absolute Gasteiger partial charge is 0.226 e. The van der Waals surface area contributed by atoms with Crippen molar-refractivity contribution in [1.29, 1.82) is 0 Å². The molecule has 9 heavy (non-hydrogen) atoms. The Hall–Kier alpha value is -0.700. The van der Waals surface area contributed by atoms with Crippen molar-refractivity contribution in [2.45, 2.75) is 0 Å². The van der Waals surface area contributed by atoms with Crippen molar-refractivity contribution >= 4 is 27.1 Å². The Morgan fingerprint density at radius 1 is 1.11 bits per heavy atom. The van der Waals surface area contributed by atoms with Crippen molar-refractivity contribution in [3.05, 3.63) is 22.7 Å². The van der Waals surface area contributed by atoms with Gasteiger partial charge in [0.2, 0.25) is 11.2 Å². The lowest BCUT2D eigenvalue weighted by molar-refractivity contribution is 0.0588. The standard InChI is InChI=1S/C6H3BrO2/c7-4-1-2-5-6(3-4)9-8-5/h1-3H. The molecule has 1 aromatic carbocycles. The van der Waals surface area contributed by atoms with Crippen LogP contribution in [0.1, 0.15) is 0 Å². The second kappa shape index (κ2) is 1.64. The highest BCUT2D eigenvalue weighted by Gasteiger charge is 2.01. The lowest BCUT2D eigenvalue weighted by Crippen LogP contribution is -1.73. The van der Waals surface area contributed by atoms with Crippen LogP contribution in [0.4, 0.5) is 0 Å². The minimum atomic E-state index is 0.796. The summed E-state index contributed by atoms with van der Waals surface area (Å²) in [5, 5.41) is 0. The lowest BCUT2D eigenvalue weighted by atomic mass is 10.3.